The third-order valence-corrected chi connectivity index (χ3v) is 3.78. The van der Waals surface area contributed by atoms with Crippen molar-refractivity contribution in [2.75, 3.05) is 19.7 Å². The molecule has 1 fully saturated rings. The molecule has 0 aromatic heterocycles. The molecule has 114 valence electrons. The zero-order valence-corrected chi connectivity index (χ0v) is 12.6. The van der Waals surface area contributed by atoms with Gasteiger partial charge in [-0.1, -0.05) is 29.8 Å². The summed E-state index contributed by atoms with van der Waals surface area (Å²) in [4.78, 5) is 24.9. The molecule has 0 saturated carbocycles. The van der Waals surface area contributed by atoms with E-state index in [1.54, 1.807) is 6.92 Å². The van der Waals surface area contributed by atoms with E-state index in [0.29, 0.717) is 13.2 Å². The minimum atomic E-state index is -0.362. The molecule has 0 spiro atoms. The number of carbonyl (C=O) groups is 2. The zero-order chi connectivity index (χ0) is 15.2. The van der Waals surface area contributed by atoms with Crippen LogP contribution in [0.1, 0.15) is 24.5 Å². The Morgan fingerprint density at radius 3 is 2.76 bits per heavy atom. The highest BCUT2D eigenvalue weighted by molar-refractivity contribution is 5.85. The number of benzene rings is 1. The predicted molar refractivity (Wildman–Crippen MR) is 78.8 cm³/mol. The van der Waals surface area contributed by atoms with Gasteiger partial charge in [0.2, 0.25) is 0 Å². The number of piperazine rings is 1. The number of ether oxygens (including phenoxy) is 1. The molecule has 1 aromatic rings. The van der Waals surface area contributed by atoms with Crippen LogP contribution in [0.4, 0.5) is 0 Å². The van der Waals surface area contributed by atoms with E-state index in [0.717, 1.165) is 18.0 Å². The number of amides is 1. The highest BCUT2D eigenvalue weighted by Gasteiger charge is 2.35. The van der Waals surface area contributed by atoms with Gasteiger partial charge in [0.15, 0.2) is 6.04 Å². The zero-order valence-electron chi connectivity index (χ0n) is 12.6. The first-order valence-electron chi connectivity index (χ1n) is 7.43. The summed E-state index contributed by atoms with van der Waals surface area (Å²) in [6, 6.07) is 7.93. The van der Waals surface area contributed by atoms with Crippen LogP contribution in [-0.4, -0.2) is 37.6 Å². The van der Waals surface area contributed by atoms with E-state index in [1.807, 2.05) is 0 Å². The molecule has 2 rings (SSSR count). The number of carbonyl (C=O) groups excluding carboxylic acids is 2. The summed E-state index contributed by atoms with van der Waals surface area (Å²) in [5.74, 6) is -0.364. The van der Waals surface area contributed by atoms with Gasteiger partial charge in [0.25, 0.3) is 5.91 Å². The first kappa shape index (κ1) is 15.5. The van der Waals surface area contributed by atoms with E-state index in [2.05, 4.69) is 36.5 Å². The fourth-order valence-electron chi connectivity index (χ4n) is 2.63. The number of quaternary nitrogens is 1. The summed E-state index contributed by atoms with van der Waals surface area (Å²) < 4.78 is 4.97. The van der Waals surface area contributed by atoms with Crippen molar-refractivity contribution in [2.45, 2.75) is 32.9 Å². The Morgan fingerprint density at radius 2 is 2.10 bits per heavy atom. The highest BCUT2D eigenvalue weighted by atomic mass is 16.5. The van der Waals surface area contributed by atoms with E-state index in [4.69, 9.17) is 4.74 Å². The van der Waals surface area contributed by atoms with Crippen LogP contribution in [0, 0.1) is 6.92 Å². The van der Waals surface area contributed by atoms with Crippen LogP contribution in [0.2, 0.25) is 0 Å². The number of rotatable bonds is 5. The van der Waals surface area contributed by atoms with Crippen LogP contribution in [0.3, 0.4) is 0 Å². The van der Waals surface area contributed by atoms with Crippen LogP contribution in [0.5, 0.6) is 0 Å². The molecule has 0 radical (unpaired) electrons. The Bertz CT molecular complexity index is 499. The van der Waals surface area contributed by atoms with Gasteiger partial charge in [-0.05, 0) is 13.8 Å². The lowest BCUT2D eigenvalue weighted by molar-refractivity contribution is -0.930. The monoisotopic (exact) mass is 291 g/mol. The molecule has 0 bridgehead atoms. The number of nitrogens with one attached hydrogen (secondary N) is 2. The molecule has 21 heavy (non-hydrogen) atoms. The SMILES string of the molecule is CCOC(=O)C[C@@H]1C(=O)NCC[NH+]1Cc1ccc(C)cc1. The van der Waals surface area contributed by atoms with Crippen molar-refractivity contribution in [3.63, 3.8) is 0 Å². The van der Waals surface area contributed by atoms with Crippen molar-refractivity contribution in [1.82, 2.24) is 5.32 Å². The molecule has 1 unspecified atom stereocenters. The fraction of sp³-hybridized carbons (Fsp3) is 0.500. The molecule has 1 aliphatic heterocycles. The quantitative estimate of drug-likeness (QED) is 0.741. The molecular formula is C16H23N2O3+. The van der Waals surface area contributed by atoms with Gasteiger partial charge in [0.05, 0.1) is 19.7 Å². The first-order chi connectivity index (χ1) is 10.1. The van der Waals surface area contributed by atoms with Gasteiger partial charge in [0.1, 0.15) is 13.0 Å². The van der Waals surface area contributed by atoms with Crippen LogP contribution < -0.4 is 10.2 Å². The second-order valence-electron chi connectivity index (χ2n) is 5.42. The number of hydrogen-bond acceptors (Lipinski definition) is 3. The topological polar surface area (TPSA) is 59.8 Å². The van der Waals surface area contributed by atoms with Gasteiger partial charge in [0, 0.05) is 5.56 Å². The summed E-state index contributed by atoms with van der Waals surface area (Å²) in [5.41, 5.74) is 2.40. The average Bonchev–Trinajstić information content (AvgIpc) is 2.45. The van der Waals surface area contributed by atoms with Crippen molar-refractivity contribution in [3.05, 3.63) is 35.4 Å². The van der Waals surface area contributed by atoms with Gasteiger partial charge in [-0.2, -0.15) is 0 Å². The van der Waals surface area contributed by atoms with Gasteiger partial charge in [-0.15, -0.1) is 0 Å². The van der Waals surface area contributed by atoms with Crippen molar-refractivity contribution < 1.29 is 19.2 Å². The molecule has 1 amide bonds. The molecule has 5 heteroatoms. The molecule has 2 atom stereocenters. The van der Waals surface area contributed by atoms with Crippen molar-refractivity contribution in [2.24, 2.45) is 0 Å². The normalized spacial score (nSPS) is 21.7. The predicted octanol–water partition coefficient (Wildman–Crippen LogP) is -0.168. The smallest absolute Gasteiger partial charge is 0.312 e. The number of hydrogen-bond donors (Lipinski definition) is 2. The van der Waals surface area contributed by atoms with Crippen molar-refractivity contribution >= 4 is 11.9 Å². The van der Waals surface area contributed by atoms with Gasteiger partial charge in [-0.3, -0.25) is 9.59 Å². The maximum atomic E-state index is 12.0. The Morgan fingerprint density at radius 1 is 1.38 bits per heavy atom. The Hall–Kier alpha value is -1.88. The second kappa shape index (κ2) is 7.22. The Kier molecular flexibility index (Phi) is 5.33. The van der Waals surface area contributed by atoms with Crippen LogP contribution in [0.15, 0.2) is 24.3 Å². The Labute approximate surface area is 125 Å². The highest BCUT2D eigenvalue weighted by Crippen LogP contribution is 2.03. The van der Waals surface area contributed by atoms with Gasteiger partial charge in [-0.25, -0.2) is 0 Å². The standard InChI is InChI=1S/C16H22N2O3/c1-3-21-15(19)10-14-16(20)17-8-9-18(14)11-13-6-4-12(2)5-7-13/h4-7,14H,3,8-11H2,1-2H3,(H,17,20)/p+1/t14-/m1/s1. The fourth-order valence-corrected chi connectivity index (χ4v) is 2.63. The minimum Gasteiger partial charge on any atom is -0.466 e. The second-order valence-corrected chi connectivity index (χ2v) is 5.42. The van der Waals surface area contributed by atoms with E-state index in [-0.39, 0.29) is 24.3 Å². The lowest BCUT2D eigenvalue weighted by Gasteiger charge is -2.31. The minimum absolute atomic E-state index is 0.0589. The van der Waals surface area contributed by atoms with Crippen molar-refractivity contribution in [1.29, 1.82) is 0 Å². The molecule has 0 aliphatic carbocycles. The Balaban J connectivity index is 2.05. The van der Waals surface area contributed by atoms with Crippen LogP contribution in [0.25, 0.3) is 0 Å². The average molecular weight is 291 g/mol. The lowest BCUT2D eigenvalue weighted by atomic mass is 10.1. The summed E-state index contributed by atoms with van der Waals surface area (Å²) in [6.45, 7) is 6.39. The van der Waals surface area contributed by atoms with E-state index in [9.17, 15) is 9.59 Å². The number of aryl methyl sites for hydroxylation is 1. The van der Waals surface area contributed by atoms with Crippen LogP contribution in [-0.2, 0) is 20.9 Å². The summed E-state index contributed by atoms with van der Waals surface area (Å²) >= 11 is 0. The van der Waals surface area contributed by atoms with E-state index < -0.39 is 0 Å². The lowest BCUT2D eigenvalue weighted by Crippen LogP contribution is -3.18. The third-order valence-electron chi connectivity index (χ3n) is 3.78. The molecular weight excluding hydrogens is 268 g/mol. The number of esters is 1. The molecule has 1 aromatic carbocycles. The first-order valence-corrected chi connectivity index (χ1v) is 7.43. The summed E-state index contributed by atoms with van der Waals surface area (Å²) in [5, 5.41) is 2.84. The van der Waals surface area contributed by atoms with Crippen LogP contribution >= 0.6 is 0 Å². The molecule has 5 nitrogen and oxygen atoms in total. The largest absolute Gasteiger partial charge is 0.466 e. The van der Waals surface area contributed by atoms with Gasteiger partial charge >= 0.3 is 5.97 Å². The molecule has 2 N–H and O–H groups in total. The third kappa shape index (κ3) is 4.29. The molecule has 1 aliphatic rings. The summed E-state index contributed by atoms with van der Waals surface area (Å²) in [6.07, 6.45) is 0.140. The maximum Gasteiger partial charge on any atom is 0.312 e. The van der Waals surface area contributed by atoms with Crippen molar-refractivity contribution in [3.8, 4) is 0 Å². The molecule has 1 heterocycles. The maximum absolute atomic E-state index is 12.0. The molecule has 1 saturated heterocycles. The summed E-state index contributed by atoms with van der Waals surface area (Å²) in [7, 11) is 0. The van der Waals surface area contributed by atoms with E-state index in [1.165, 1.54) is 11.1 Å². The van der Waals surface area contributed by atoms with E-state index >= 15 is 0 Å². The van der Waals surface area contributed by atoms with Gasteiger partial charge < -0.3 is 15.0 Å².